The Hall–Kier alpha value is -0.710. The first-order chi connectivity index (χ1) is 10.3. The number of nitrogens with one attached hydrogen (secondary N) is 1. The first-order valence-electron chi connectivity index (χ1n) is 7.81. The monoisotopic (exact) mass is 345 g/mol. The van der Waals surface area contributed by atoms with Gasteiger partial charge in [0.1, 0.15) is 10.8 Å². The lowest BCUT2D eigenvalue weighted by atomic mass is 9.92. The summed E-state index contributed by atoms with van der Waals surface area (Å²) in [6, 6.07) is 1.69. The van der Waals surface area contributed by atoms with E-state index in [1.54, 1.807) is 17.7 Å². The Bertz CT molecular complexity index is 534. The maximum Gasteiger partial charge on any atom is 0.268 e. The number of aromatic nitrogens is 1. The number of likely N-dealkylation sites (tertiary alicyclic amines) is 1. The van der Waals surface area contributed by atoms with E-state index in [9.17, 15) is 4.79 Å². The molecule has 3 unspecified atom stereocenters. The van der Waals surface area contributed by atoms with Crippen molar-refractivity contribution in [2.45, 2.75) is 33.2 Å². The molecular weight excluding hydrogens is 321 g/mol. The van der Waals surface area contributed by atoms with Gasteiger partial charge in [-0.15, -0.1) is 0 Å². The number of nitrogens with zero attached hydrogens (tertiary/aromatic N) is 2. The molecule has 0 saturated carbocycles. The predicted molar refractivity (Wildman–Crippen MR) is 91.7 cm³/mol. The van der Waals surface area contributed by atoms with E-state index in [0.717, 1.165) is 31.5 Å². The molecule has 1 amide bonds. The number of amides is 1. The van der Waals surface area contributed by atoms with Crippen LogP contribution in [0.2, 0.25) is 10.2 Å². The summed E-state index contributed by atoms with van der Waals surface area (Å²) in [6.45, 7) is 9.69. The van der Waals surface area contributed by atoms with E-state index in [1.165, 1.54) is 6.42 Å². The highest BCUT2D eigenvalue weighted by atomic mass is 35.5. The van der Waals surface area contributed by atoms with Gasteiger partial charge in [-0.2, -0.15) is 0 Å². The number of hydrogen-bond acceptors (Lipinski definition) is 2. The molecule has 1 aromatic heterocycles. The first-order valence-corrected chi connectivity index (χ1v) is 8.57. The summed E-state index contributed by atoms with van der Waals surface area (Å²) in [5.41, 5.74) is 0.488. The van der Waals surface area contributed by atoms with Crippen molar-refractivity contribution in [1.29, 1.82) is 0 Å². The van der Waals surface area contributed by atoms with E-state index in [-0.39, 0.29) is 11.9 Å². The standard InChI is InChI=1S/C16H25Cl2N3O/c1-10-5-11(2)8-21(7-10)9-12(3)19-16(22)14-6-13(17)15(18)20(14)4/h6,10-12H,5,7-9H2,1-4H3,(H,19,22). The molecule has 124 valence electrons. The van der Waals surface area contributed by atoms with Crippen molar-refractivity contribution >= 4 is 29.1 Å². The quantitative estimate of drug-likeness (QED) is 0.907. The van der Waals surface area contributed by atoms with Crippen LogP contribution < -0.4 is 5.32 Å². The molecule has 1 N–H and O–H groups in total. The van der Waals surface area contributed by atoms with Gasteiger partial charge in [0.05, 0.1) is 5.02 Å². The highest BCUT2D eigenvalue weighted by molar-refractivity contribution is 6.41. The van der Waals surface area contributed by atoms with E-state index in [4.69, 9.17) is 23.2 Å². The molecule has 1 aliphatic heterocycles. The lowest BCUT2D eigenvalue weighted by Gasteiger charge is -2.36. The summed E-state index contributed by atoms with van der Waals surface area (Å²) in [5, 5.41) is 3.83. The van der Waals surface area contributed by atoms with Crippen LogP contribution in [0.15, 0.2) is 6.07 Å². The molecule has 1 saturated heterocycles. The highest BCUT2D eigenvalue weighted by Gasteiger charge is 2.24. The van der Waals surface area contributed by atoms with Crippen LogP contribution in [-0.2, 0) is 7.05 Å². The molecule has 6 heteroatoms. The SMILES string of the molecule is CC1CC(C)CN(CC(C)NC(=O)c2cc(Cl)c(Cl)n2C)C1. The smallest absolute Gasteiger partial charge is 0.268 e. The van der Waals surface area contributed by atoms with Gasteiger partial charge < -0.3 is 14.8 Å². The number of hydrogen-bond donors (Lipinski definition) is 1. The van der Waals surface area contributed by atoms with E-state index in [0.29, 0.717) is 15.9 Å². The molecule has 2 heterocycles. The van der Waals surface area contributed by atoms with Crippen LogP contribution in [0.5, 0.6) is 0 Å². The minimum Gasteiger partial charge on any atom is -0.347 e. The second-order valence-corrected chi connectivity index (χ2v) is 7.53. The molecule has 1 aliphatic rings. The van der Waals surface area contributed by atoms with Gasteiger partial charge in [0.2, 0.25) is 0 Å². The summed E-state index contributed by atoms with van der Waals surface area (Å²) >= 11 is 12.0. The lowest BCUT2D eigenvalue weighted by Crippen LogP contribution is -2.47. The topological polar surface area (TPSA) is 37.3 Å². The number of halogens is 2. The van der Waals surface area contributed by atoms with Gasteiger partial charge in [-0.1, -0.05) is 37.0 Å². The van der Waals surface area contributed by atoms with Crippen LogP contribution in [0, 0.1) is 11.8 Å². The maximum atomic E-state index is 12.3. The van der Waals surface area contributed by atoms with Crippen LogP contribution >= 0.6 is 23.2 Å². The second-order valence-electron chi connectivity index (χ2n) is 6.77. The van der Waals surface area contributed by atoms with Crippen LogP contribution in [0.3, 0.4) is 0 Å². The summed E-state index contributed by atoms with van der Waals surface area (Å²) in [4.78, 5) is 14.8. The van der Waals surface area contributed by atoms with Crippen LogP contribution in [0.4, 0.5) is 0 Å². The van der Waals surface area contributed by atoms with Crippen LogP contribution in [0.1, 0.15) is 37.7 Å². The fourth-order valence-corrected chi connectivity index (χ4v) is 3.81. The Morgan fingerprint density at radius 1 is 1.36 bits per heavy atom. The molecule has 1 aromatic rings. The fraction of sp³-hybridized carbons (Fsp3) is 0.688. The zero-order valence-corrected chi connectivity index (χ0v) is 15.2. The minimum absolute atomic E-state index is 0.0810. The fourth-order valence-electron chi connectivity index (χ4n) is 3.43. The lowest BCUT2D eigenvalue weighted by molar-refractivity contribution is 0.0897. The molecule has 1 fully saturated rings. The Morgan fingerprint density at radius 3 is 2.45 bits per heavy atom. The van der Waals surface area contributed by atoms with Crippen molar-refractivity contribution in [2.24, 2.45) is 18.9 Å². The summed E-state index contributed by atoms with van der Waals surface area (Å²) in [7, 11) is 1.74. The van der Waals surface area contributed by atoms with Gasteiger partial charge in [0.15, 0.2) is 0 Å². The van der Waals surface area contributed by atoms with Crippen molar-refractivity contribution in [3.05, 3.63) is 21.9 Å². The Labute approximate surface area is 142 Å². The average molecular weight is 346 g/mol. The molecule has 0 spiro atoms. The minimum atomic E-state index is -0.137. The van der Waals surface area contributed by atoms with E-state index >= 15 is 0 Å². The summed E-state index contributed by atoms with van der Waals surface area (Å²) < 4.78 is 1.61. The third-order valence-corrected chi connectivity index (χ3v) is 5.05. The van der Waals surface area contributed by atoms with Gasteiger partial charge in [-0.05, 0) is 31.2 Å². The van der Waals surface area contributed by atoms with E-state index < -0.39 is 0 Å². The Balaban J connectivity index is 1.92. The van der Waals surface area contributed by atoms with Crippen molar-refractivity contribution in [1.82, 2.24) is 14.8 Å². The number of rotatable bonds is 4. The zero-order valence-electron chi connectivity index (χ0n) is 13.7. The normalized spacial score (nSPS) is 24.3. The van der Waals surface area contributed by atoms with E-state index in [1.807, 2.05) is 6.92 Å². The highest BCUT2D eigenvalue weighted by Crippen LogP contribution is 2.25. The van der Waals surface area contributed by atoms with Crippen LogP contribution in [-0.4, -0.2) is 41.1 Å². The third kappa shape index (κ3) is 4.18. The molecule has 0 radical (unpaired) electrons. The number of carbonyl (C=O) groups is 1. The molecule has 3 atom stereocenters. The largest absolute Gasteiger partial charge is 0.347 e. The van der Waals surface area contributed by atoms with Crippen molar-refractivity contribution in [3.63, 3.8) is 0 Å². The first kappa shape index (κ1) is 17.6. The molecule has 2 rings (SSSR count). The molecule has 22 heavy (non-hydrogen) atoms. The van der Waals surface area contributed by atoms with Gasteiger partial charge in [-0.3, -0.25) is 4.79 Å². The maximum absolute atomic E-state index is 12.3. The molecule has 0 bridgehead atoms. The van der Waals surface area contributed by atoms with Crippen molar-refractivity contribution < 1.29 is 4.79 Å². The molecule has 4 nitrogen and oxygen atoms in total. The van der Waals surface area contributed by atoms with Crippen LogP contribution in [0.25, 0.3) is 0 Å². The predicted octanol–water partition coefficient (Wildman–Crippen LogP) is 3.43. The zero-order chi connectivity index (χ0) is 16.4. The average Bonchev–Trinajstić information content (AvgIpc) is 2.65. The summed E-state index contributed by atoms with van der Waals surface area (Å²) in [5.74, 6) is 1.30. The van der Waals surface area contributed by atoms with Gasteiger partial charge in [0.25, 0.3) is 5.91 Å². The second kappa shape index (κ2) is 7.24. The number of carbonyl (C=O) groups excluding carboxylic acids is 1. The van der Waals surface area contributed by atoms with Gasteiger partial charge >= 0.3 is 0 Å². The molecular formula is C16H25Cl2N3O. The molecule has 0 aliphatic carbocycles. The Kier molecular flexibility index (Phi) is 5.81. The van der Waals surface area contributed by atoms with Gasteiger partial charge in [0, 0.05) is 32.7 Å². The van der Waals surface area contributed by atoms with E-state index in [2.05, 4.69) is 24.1 Å². The van der Waals surface area contributed by atoms with Crippen molar-refractivity contribution in [3.8, 4) is 0 Å². The third-order valence-electron chi connectivity index (χ3n) is 4.20. The number of piperidine rings is 1. The summed E-state index contributed by atoms with van der Waals surface area (Å²) in [6.07, 6.45) is 1.29. The Morgan fingerprint density at radius 2 is 1.95 bits per heavy atom. The van der Waals surface area contributed by atoms with Gasteiger partial charge in [-0.25, -0.2) is 0 Å². The van der Waals surface area contributed by atoms with Crippen molar-refractivity contribution in [2.75, 3.05) is 19.6 Å². The molecule has 0 aromatic carbocycles.